The normalized spacial score (nSPS) is 30.6. The summed E-state index contributed by atoms with van der Waals surface area (Å²) in [4.78, 5) is 0. The van der Waals surface area contributed by atoms with E-state index in [1.807, 2.05) is 19.1 Å². The third kappa shape index (κ3) is 3.43. The minimum Gasteiger partial charge on any atom is -0.398 e. The molecular formula is C13H21NO3. The van der Waals surface area contributed by atoms with Crippen LogP contribution in [0.1, 0.15) is 20.3 Å². The van der Waals surface area contributed by atoms with Crippen LogP contribution in [0.25, 0.3) is 0 Å². The maximum absolute atomic E-state index is 9.26. The standard InChI is InChI=1S/C13H21NO3/c1-4-6-7-10(11(14)5-2)13-12(8-15)16-9(3)17-13/h5-7,9,12-13,15H,2,4,8,14H2,1,3H3/b7-6-,11-10-. The van der Waals surface area contributed by atoms with Crippen molar-refractivity contribution in [3.8, 4) is 0 Å². The Kier molecular flexibility index (Phi) is 5.41. The smallest absolute Gasteiger partial charge is 0.156 e. The maximum Gasteiger partial charge on any atom is 0.156 e. The second-order valence-corrected chi connectivity index (χ2v) is 3.91. The highest BCUT2D eigenvalue weighted by atomic mass is 16.7. The van der Waals surface area contributed by atoms with E-state index in [9.17, 15) is 5.11 Å². The van der Waals surface area contributed by atoms with Gasteiger partial charge in [-0.1, -0.05) is 25.7 Å². The van der Waals surface area contributed by atoms with Crippen molar-refractivity contribution < 1.29 is 14.6 Å². The van der Waals surface area contributed by atoms with E-state index in [0.29, 0.717) is 5.70 Å². The zero-order chi connectivity index (χ0) is 12.8. The number of nitrogens with two attached hydrogens (primary N) is 1. The van der Waals surface area contributed by atoms with Crippen LogP contribution in [-0.4, -0.2) is 30.2 Å². The number of ether oxygens (including phenoxy) is 2. The largest absolute Gasteiger partial charge is 0.398 e. The van der Waals surface area contributed by atoms with Gasteiger partial charge in [0.05, 0.1) is 6.61 Å². The van der Waals surface area contributed by atoms with Gasteiger partial charge in [0, 0.05) is 11.3 Å². The average Bonchev–Trinajstić information content (AvgIpc) is 2.70. The average molecular weight is 239 g/mol. The lowest BCUT2D eigenvalue weighted by atomic mass is 10.0. The summed E-state index contributed by atoms with van der Waals surface area (Å²) in [5, 5.41) is 9.26. The van der Waals surface area contributed by atoms with Gasteiger partial charge in [0.1, 0.15) is 12.2 Å². The summed E-state index contributed by atoms with van der Waals surface area (Å²) in [5.41, 5.74) is 7.26. The summed E-state index contributed by atoms with van der Waals surface area (Å²) < 4.78 is 11.1. The highest BCUT2D eigenvalue weighted by molar-refractivity contribution is 5.34. The van der Waals surface area contributed by atoms with Gasteiger partial charge in [0.15, 0.2) is 6.29 Å². The highest BCUT2D eigenvalue weighted by Gasteiger charge is 2.35. The number of aliphatic hydroxyl groups is 1. The molecule has 0 aliphatic carbocycles. The summed E-state index contributed by atoms with van der Waals surface area (Å²) in [6.07, 6.45) is 5.34. The second kappa shape index (κ2) is 6.59. The van der Waals surface area contributed by atoms with Crippen molar-refractivity contribution in [1.29, 1.82) is 0 Å². The van der Waals surface area contributed by atoms with Gasteiger partial charge < -0.3 is 20.3 Å². The van der Waals surface area contributed by atoms with Gasteiger partial charge in [-0.2, -0.15) is 0 Å². The van der Waals surface area contributed by atoms with E-state index in [0.717, 1.165) is 12.0 Å². The summed E-state index contributed by atoms with van der Waals surface area (Å²) in [7, 11) is 0. The van der Waals surface area contributed by atoms with Gasteiger partial charge in [-0.05, 0) is 19.4 Å². The third-order valence-corrected chi connectivity index (χ3v) is 2.62. The summed E-state index contributed by atoms with van der Waals surface area (Å²) in [5.74, 6) is 0. The molecule has 0 amide bonds. The predicted octanol–water partition coefficient (Wildman–Crippen LogP) is 1.47. The monoisotopic (exact) mass is 239 g/mol. The van der Waals surface area contributed by atoms with Crippen molar-refractivity contribution in [1.82, 2.24) is 0 Å². The molecule has 1 aliphatic rings. The lowest BCUT2D eigenvalue weighted by molar-refractivity contribution is -0.0539. The molecule has 1 aliphatic heterocycles. The van der Waals surface area contributed by atoms with Crippen LogP contribution in [0.4, 0.5) is 0 Å². The predicted molar refractivity (Wildman–Crippen MR) is 67.1 cm³/mol. The molecule has 0 radical (unpaired) electrons. The molecule has 1 rings (SSSR count). The molecular weight excluding hydrogens is 218 g/mol. The van der Waals surface area contributed by atoms with Crippen molar-refractivity contribution in [2.45, 2.75) is 38.8 Å². The Morgan fingerprint density at radius 3 is 2.71 bits per heavy atom. The minimum absolute atomic E-state index is 0.0944. The molecule has 3 atom stereocenters. The van der Waals surface area contributed by atoms with Crippen LogP contribution in [0.3, 0.4) is 0 Å². The Hall–Kier alpha value is -1.10. The van der Waals surface area contributed by atoms with Gasteiger partial charge >= 0.3 is 0 Å². The maximum atomic E-state index is 9.26. The first-order valence-electron chi connectivity index (χ1n) is 5.84. The molecule has 4 nitrogen and oxygen atoms in total. The fourth-order valence-corrected chi connectivity index (χ4v) is 1.77. The first kappa shape index (κ1) is 14.0. The number of hydrogen-bond acceptors (Lipinski definition) is 4. The van der Waals surface area contributed by atoms with E-state index >= 15 is 0 Å². The minimum atomic E-state index is -0.375. The number of hydrogen-bond donors (Lipinski definition) is 2. The van der Waals surface area contributed by atoms with E-state index < -0.39 is 0 Å². The third-order valence-electron chi connectivity index (χ3n) is 2.62. The summed E-state index contributed by atoms with van der Waals surface area (Å²) in [6.45, 7) is 7.40. The molecule has 1 fully saturated rings. The van der Waals surface area contributed by atoms with E-state index in [4.69, 9.17) is 15.2 Å². The van der Waals surface area contributed by atoms with Gasteiger partial charge in [0.25, 0.3) is 0 Å². The van der Waals surface area contributed by atoms with E-state index in [2.05, 4.69) is 6.58 Å². The highest BCUT2D eigenvalue weighted by Crippen LogP contribution is 2.26. The van der Waals surface area contributed by atoms with Crippen molar-refractivity contribution in [3.63, 3.8) is 0 Å². The van der Waals surface area contributed by atoms with Gasteiger partial charge in [-0.25, -0.2) is 0 Å². The lowest BCUT2D eigenvalue weighted by Gasteiger charge is -2.17. The van der Waals surface area contributed by atoms with Crippen LogP contribution in [-0.2, 0) is 9.47 Å². The molecule has 0 aromatic carbocycles. The molecule has 17 heavy (non-hydrogen) atoms. The molecule has 0 aromatic rings. The van der Waals surface area contributed by atoms with Crippen LogP contribution >= 0.6 is 0 Å². The molecule has 0 saturated carbocycles. The first-order chi connectivity index (χ1) is 8.13. The Morgan fingerprint density at radius 1 is 1.47 bits per heavy atom. The number of rotatable bonds is 5. The molecule has 3 N–H and O–H groups in total. The zero-order valence-corrected chi connectivity index (χ0v) is 10.4. The second-order valence-electron chi connectivity index (χ2n) is 3.91. The molecule has 96 valence electrons. The van der Waals surface area contributed by atoms with Gasteiger partial charge in [-0.3, -0.25) is 0 Å². The fraction of sp³-hybridized carbons (Fsp3) is 0.538. The van der Waals surface area contributed by atoms with Crippen LogP contribution in [0.2, 0.25) is 0 Å². The molecule has 1 heterocycles. The number of allylic oxidation sites excluding steroid dienone is 2. The van der Waals surface area contributed by atoms with Crippen molar-refractivity contribution in [3.05, 3.63) is 36.1 Å². The Balaban J connectivity index is 2.98. The van der Waals surface area contributed by atoms with Crippen molar-refractivity contribution >= 4 is 0 Å². The molecule has 3 unspecified atom stereocenters. The Bertz CT molecular complexity index is 323. The molecule has 0 bridgehead atoms. The quantitative estimate of drug-likeness (QED) is 0.713. The van der Waals surface area contributed by atoms with Gasteiger partial charge in [-0.15, -0.1) is 0 Å². The van der Waals surface area contributed by atoms with E-state index in [1.54, 1.807) is 13.0 Å². The van der Waals surface area contributed by atoms with Crippen LogP contribution in [0, 0.1) is 0 Å². The zero-order valence-electron chi connectivity index (χ0n) is 10.4. The topological polar surface area (TPSA) is 64.7 Å². The first-order valence-corrected chi connectivity index (χ1v) is 5.84. The van der Waals surface area contributed by atoms with E-state index in [1.165, 1.54) is 0 Å². The molecule has 1 saturated heterocycles. The van der Waals surface area contributed by atoms with Crippen LogP contribution < -0.4 is 5.73 Å². The van der Waals surface area contributed by atoms with Crippen LogP contribution in [0.5, 0.6) is 0 Å². The lowest BCUT2D eigenvalue weighted by Crippen LogP contribution is -2.29. The Labute approximate surface area is 102 Å². The van der Waals surface area contributed by atoms with Crippen molar-refractivity contribution in [2.75, 3.05) is 6.61 Å². The van der Waals surface area contributed by atoms with Gasteiger partial charge in [0.2, 0.25) is 0 Å². The molecule has 0 aromatic heterocycles. The van der Waals surface area contributed by atoms with Crippen molar-refractivity contribution in [2.24, 2.45) is 5.73 Å². The molecule has 0 spiro atoms. The summed E-state index contributed by atoms with van der Waals surface area (Å²) >= 11 is 0. The van der Waals surface area contributed by atoms with E-state index in [-0.39, 0.29) is 25.1 Å². The fourth-order valence-electron chi connectivity index (χ4n) is 1.77. The molecule has 4 heteroatoms. The SMILES string of the molecule is C=C/C(N)=C(\C=C/CC)C1OC(C)OC1CO. The summed E-state index contributed by atoms with van der Waals surface area (Å²) in [6, 6.07) is 0. The van der Waals surface area contributed by atoms with Crippen LogP contribution in [0.15, 0.2) is 36.1 Å². The number of aliphatic hydroxyl groups excluding tert-OH is 1. The Morgan fingerprint density at radius 2 is 2.18 bits per heavy atom.